The summed E-state index contributed by atoms with van der Waals surface area (Å²) < 4.78 is 13.5. The van der Waals surface area contributed by atoms with Crippen molar-refractivity contribution in [3.8, 4) is 0 Å². The lowest BCUT2D eigenvalue weighted by Crippen LogP contribution is -2.41. The van der Waals surface area contributed by atoms with Crippen LogP contribution in [0.3, 0.4) is 0 Å². The molecule has 1 aliphatic heterocycles. The topological polar surface area (TPSA) is 41.1 Å². The predicted molar refractivity (Wildman–Crippen MR) is 64.0 cm³/mol. The first-order valence-electron chi connectivity index (χ1n) is 5.96. The van der Waals surface area contributed by atoms with Crippen molar-refractivity contribution >= 4 is 5.91 Å². The quantitative estimate of drug-likeness (QED) is 0.839. The number of hydrogen-bond donors (Lipinski definition) is 2. The zero-order valence-corrected chi connectivity index (χ0v) is 9.87. The normalized spacial score (nSPS) is 21.2. The monoisotopic (exact) mass is 236 g/mol. The molecule has 2 unspecified atom stereocenters. The van der Waals surface area contributed by atoms with Gasteiger partial charge in [0.05, 0.1) is 12.1 Å². The highest BCUT2D eigenvalue weighted by Crippen LogP contribution is 2.16. The molecule has 4 heteroatoms. The van der Waals surface area contributed by atoms with Gasteiger partial charge in [0.2, 0.25) is 5.91 Å². The van der Waals surface area contributed by atoms with E-state index >= 15 is 0 Å². The minimum absolute atomic E-state index is 0.0433. The minimum Gasteiger partial charge on any atom is -0.348 e. The summed E-state index contributed by atoms with van der Waals surface area (Å²) in [7, 11) is 0. The Hall–Kier alpha value is -1.42. The van der Waals surface area contributed by atoms with Crippen molar-refractivity contribution in [2.75, 3.05) is 6.54 Å². The second-order valence-electron chi connectivity index (χ2n) is 4.40. The minimum atomic E-state index is -0.300. The molecule has 0 saturated carbocycles. The van der Waals surface area contributed by atoms with Gasteiger partial charge in [-0.1, -0.05) is 18.2 Å². The van der Waals surface area contributed by atoms with Crippen LogP contribution in [0.2, 0.25) is 0 Å². The molecule has 1 aromatic carbocycles. The Balaban J connectivity index is 1.99. The summed E-state index contributed by atoms with van der Waals surface area (Å²) in [6.45, 7) is 2.68. The third kappa shape index (κ3) is 2.82. The van der Waals surface area contributed by atoms with E-state index in [1.807, 2.05) is 0 Å². The lowest BCUT2D eigenvalue weighted by molar-refractivity contribution is -0.123. The lowest BCUT2D eigenvalue weighted by Gasteiger charge is -2.18. The van der Waals surface area contributed by atoms with Gasteiger partial charge >= 0.3 is 0 Å². The highest BCUT2D eigenvalue weighted by Gasteiger charge is 2.23. The Morgan fingerprint density at radius 3 is 2.94 bits per heavy atom. The number of rotatable bonds is 3. The standard InChI is InChI=1S/C13H17FN2O/c1-9(10-5-2-3-6-11(10)14)16-13(17)12-7-4-8-15-12/h2-3,5-6,9,12,15H,4,7-8H2,1H3,(H,16,17). The first kappa shape index (κ1) is 12.0. The van der Waals surface area contributed by atoms with Crippen molar-refractivity contribution in [1.29, 1.82) is 0 Å². The van der Waals surface area contributed by atoms with Crippen LogP contribution in [0.15, 0.2) is 24.3 Å². The SMILES string of the molecule is CC(NC(=O)C1CCCN1)c1ccccc1F. The molecule has 0 spiro atoms. The number of carbonyl (C=O) groups excluding carboxylic acids is 1. The van der Waals surface area contributed by atoms with Gasteiger partial charge in [0, 0.05) is 5.56 Å². The Kier molecular flexibility index (Phi) is 3.74. The van der Waals surface area contributed by atoms with Crippen molar-refractivity contribution in [2.45, 2.75) is 31.8 Å². The van der Waals surface area contributed by atoms with Gasteiger partial charge < -0.3 is 10.6 Å². The molecule has 0 aromatic heterocycles. The molecule has 1 heterocycles. The van der Waals surface area contributed by atoms with E-state index in [1.165, 1.54) is 6.07 Å². The van der Waals surface area contributed by atoms with Gasteiger partial charge in [-0.2, -0.15) is 0 Å². The molecule has 17 heavy (non-hydrogen) atoms. The van der Waals surface area contributed by atoms with E-state index in [0.29, 0.717) is 5.56 Å². The molecular formula is C13H17FN2O. The summed E-state index contributed by atoms with van der Waals surface area (Å²) in [5.74, 6) is -0.321. The molecule has 1 amide bonds. The maximum Gasteiger partial charge on any atom is 0.237 e. The summed E-state index contributed by atoms with van der Waals surface area (Å²) in [6, 6.07) is 6.10. The van der Waals surface area contributed by atoms with Crippen LogP contribution in [0.5, 0.6) is 0 Å². The first-order valence-corrected chi connectivity index (χ1v) is 5.96. The smallest absolute Gasteiger partial charge is 0.237 e. The molecular weight excluding hydrogens is 219 g/mol. The van der Waals surface area contributed by atoms with E-state index in [9.17, 15) is 9.18 Å². The van der Waals surface area contributed by atoms with Gasteiger partial charge in [-0.25, -0.2) is 4.39 Å². The van der Waals surface area contributed by atoms with Gasteiger partial charge in [-0.3, -0.25) is 4.79 Å². The average molecular weight is 236 g/mol. The summed E-state index contributed by atoms with van der Waals surface area (Å²) in [4.78, 5) is 11.8. The van der Waals surface area contributed by atoms with E-state index in [0.717, 1.165) is 19.4 Å². The zero-order chi connectivity index (χ0) is 12.3. The number of halogens is 1. The van der Waals surface area contributed by atoms with Crippen molar-refractivity contribution in [3.63, 3.8) is 0 Å². The van der Waals surface area contributed by atoms with Crippen LogP contribution < -0.4 is 10.6 Å². The molecule has 2 rings (SSSR count). The van der Waals surface area contributed by atoms with Crippen LogP contribution in [0.1, 0.15) is 31.4 Å². The third-order valence-corrected chi connectivity index (χ3v) is 3.11. The second-order valence-corrected chi connectivity index (χ2v) is 4.40. The lowest BCUT2D eigenvalue weighted by atomic mass is 10.1. The number of nitrogens with one attached hydrogen (secondary N) is 2. The zero-order valence-electron chi connectivity index (χ0n) is 9.87. The summed E-state index contributed by atoms with van der Waals surface area (Å²) in [6.07, 6.45) is 1.88. The van der Waals surface area contributed by atoms with Crippen molar-refractivity contribution in [3.05, 3.63) is 35.6 Å². The third-order valence-electron chi connectivity index (χ3n) is 3.11. The molecule has 2 atom stereocenters. The highest BCUT2D eigenvalue weighted by molar-refractivity contribution is 5.82. The van der Waals surface area contributed by atoms with Crippen LogP contribution in [-0.4, -0.2) is 18.5 Å². The summed E-state index contributed by atoms with van der Waals surface area (Å²) >= 11 is 0. The number of hydrogen-bond acceptors (Lipinski definition) is 2. The van der Waals surface area contributed by atoms with Crippen molar-refractivity contribution in [2.24, 2.45) is 0 Å². The van der Waals surface area contributed by atoms with E-state index in [-0.39, 0.29) is 23.8 Å². The van der Waals surface area contributed by atoms with Gasteiger partial charge in [-0.15, -0.1) is 0 Å². The number of amides is 1. The molecule has 3 nitrogen and oxygen atoms in total. The van der Waals surface area contributed by atoms with Gasteiger partial charge in [0.25, 0.3) is 0 Å². The van der Waals surface area contributed by atoms with E-state index in [1.54, 1.807) is 25.1 Å². The summed E-state index contributed by atoms with van der Waals surface area (Å²) in [5.41, 5.74) is 0.527. The van der Waals surface area contributed by atoms with Crippen LogP contribution in [-0.2, 0) is 4.79 Å². The Bertz CT molecular complexity index is 402. The largest absolute Gasteiger partial charge is 0.348 e. The first-order chi connectivity index (χ1) is 8.18. The molecule has 0 aliphatic carbocycles. The van der Waals surface area contributed by atoms with Crippen molar-refractivity contribution < 1.29 is 9.18 Å². The highest BCUT2D eigenvalue weighted by atomic mass is 19.1. The molecule has 1 aliphatic rings. The fourth-order valence-electron chi connectivity index (χ4n) is 2.13. The van der Waals surface area contributed by atoms with Crippen molar-refractivity contribution in [1.82, 2.24) is 10.6 Å². The maximum absolute atomic E-state index is 13.5. The fourth-order valence-corrected chi connectivity index (χ4v) is 2.13. The van der Waals surface area contributed by atoms with Crippen LogP contribution >= 0.6 is 0 Å². The van der Waals surface area contributed by atoms with Crippen LogP contribution in [0.4, 0.5) is 4.39 Å². The molecule has 2 N–H and O–H groups in total. The van der Waals surface area contributed by atoms with E-state index < -0.39 is 0 Å². The number of benzene rings is 1. The van der Waals surface area contributed by atoms with E-state index in [2.05, 4.69) is 10.6 Å². The van der Waals surface area contributed by atoms with Gasteiger partial charge in [0.15, 0.2) is 0 Å². The molecule has 0 radical (unpaired) electrons. The Labute approximate surface area is 100 Å². The molecule has 1 aromatic rings. The maximum atomic E-state index is 13.5. The fraction of sp³-hybridized carbons (Fsp3) is 0.462. The molecule has 0 bridgehead atoms. The van der Waals surface area contributed by atoms with Gasteiger partial charge in [-0.05, 0) is 32.4 Å². The Morgan fingerprint density at radius 2 is 2.29 bits per heavy atom. The average Bonchev–Trinajstić information content (AvgIpc) is 2.82. The van der Waals surface area contributed by atoms with Crippen LogP contribution in [0.25, 0.3) is 0 Å². The predicted octanol–water partition coefficient (Wildman–Crippen LogP) is 1.75. The molecule has 1 fully saturated rings. The molecule has 1 saturated heterocycles. The van der Waals surface area contributed by atoms with Crippen LogP contribution in [0, 0.1) is 5.82 Å². The number of carbonyl (C=O) groups is 1. The Morgan fingerprint density at radius 1 is 1.53 bits per heavy atom. The second kappa shape index (κ2) is 5.27. The molecule has 92 valence electrons. The van der Waals surface area contributed by atoms with Gasteiger partial charge in [0.1, 0.15) is 5.82 Å². The summed E-state index contributed by atoms with van der Waals surface area (Å²) in [5, 5.41) is 5.96. The van der Waals surface area contributed by atoms with E-state index in [4.69, 9.17) is 0 Å².